The molecule has 0 atom stereocenters. The average molecular weight is 292 g/mol. The molecule has 2 heterocycles. The first-order valence-corrected chi connectivity index (χ1v) is 7.04. The number of fused-ring (bicyclic) bond motifs is 1. The van der Waals surface area contributed by atoms with Crippen LogP contribution in [-0.2, 0) is 6.61 Å². The van der Waals surface area contributed by atoms with Crippen molar-refractivity contribution in [3.05, 3.63) is 40.9 Å². The summed E-state index contributed by atoms with van der Waals surface area (Å²) in [6.07, 6.45) is 0. The van der Waals surface area contributed by atoms with Gasteiger partial charge in [0.25, 0.3) is 0 Å². The summed E-state index contributed by atoms with van der Waals surface area (Å²) in [6.45, 7) is 4.41. The fraction of sp³-hybridized carbons (Fsp3) is 0.308. The first kappa shape index (κ1) is 13.0. The zero-order chi connectivity index (χ0) is 14.1. The topological polar surface area (TPSA) is 52.3 Å². The van der Waals surface area contributed by atoms with Crippen LogP contribution in [-0.4, -0.2) is 19.8 Å². The predicted octanol–water partition coefficient (Wildman–Crippen LogP) is 3.03. The smallest absolute Gasteiger partial charge is 0.234 e. The third-order valence-electron chi connectivity index (χ3n) is 2.75. The molecular weight excluding hydrogens is 279 g/mol. The minimum absolute atomic E-state index is 0.244. The zero-order valence-corrected chi connectivity index (χ0v) is 11.9. The Bertz CT molecular complexity index is 720. The second-order valence-corrected chi connectivity index (χ2v) is 5.64. The molecular formula is C13H13FN4OS. The molecule has 0 saturated heterocycles. The van der Waals surface area contributed by atoms with Crippen LogP contribution in [0.4, 0.5) is 4.39 Å². The van der Waals surface area contributed by atoms with E-state index in [4.69, 9.17) is 4.74 Å². The largest absolute Gasteiger partial charge is 0.486 e. The molecule has 0 aliphatic carbocycles. The molecule has 0 aliphatic heterocycles. The van der Waals surface area contributed by atoms with Gasteiger partial charge in [0.2, 0.25) is 4.96 Å². The number of aromatic nitrogens is 4. The van der Waals surface area contributed by atoms with Gasteiger partial charge in [0.15, 0.2) is 5.82 Å². The first-order valence-electron chi connectivity index (χ1n) is 6.23. The fourth-order valence-electron chi connectivity index (χ4n) is 1.67. The third-order valence-corrected chi connectivity index (χ3v) is 3.95. The molecule has 0 bridgehead atoms. The molecule has 0 amide bonds. The van der Waals surface area contributed by atoms with Crippen LogP contribution in [0.15, 0.2) is 24.3 Å². The Morgan fingerprint density at radius 3 is 2.70 bits per heavy atom. The molecule has 0 N–H and O–H groups in total. The van der Waals surface area contributed by atoms with Crippen molar-refractivity contribution >= 4 is 16.3 Å². The Morgan fingerprint density at radius 1 is 1.25 bits per heavy atom. The summed E-state index contributed by atoms with van der Waals surface area (Å²) < 4.78 is 20.1. The van der Waals surface area contributed by atoms with Crippen molar-refractivity contribution in [1.29, 1.82) is 0 Å². The summed E-state index contributed by atoms with van der Waals surface area (Å²) in [7, 11) is 0. The number of ether oxygens (including phenoxy) is 1. The molecule has 7 heteroatoms. The summed E-state index contributed by atoms with van der Waals surface area (Å²) >= 11 is 1.52. The Balaban J connectivity index is 1.78. The Labute approximate surface area is 119 Å². The summed E-state index contributed by atoms with van der Waals surface area (Å²) in [5.41, 5.74) is 0. The Morgan fingerprint density at radius 2 is 2.00 bits per heavy atom. The van der Waals surface area contributed by atoms with Crippen molar-refractivity contribution < 1.29 is 9.13 Å². The van der Waals surface area contributed by atoms with E-state index in [-0.39, 0.29) is 12.4 Å². The summed E-state index contributed by atoms with van der Waals surface area (Å²) in [5.74, 6) is 1.28. The van der Waals surface area contributed by atoms with Crippen molar-refractivity contribution in [2.75, 3.05) is 0 Å². The molecule has 5 nitrogen and oxygen atoms in total. The minimum atomic E-state index is -0.289. The second-order valence-electron chi connectivity index (χ2n) is 4.65. The molecule has 2 aromatic heterocycles. The molecule has 0 aliphatic rings. The maximum Gasteiger partial charge on any atom is 0.234 e. The number of nitrogens with zero attached hydrogens (tertiary/aromatic N) is 4. The minimum Gasteiger partial charge on any atom is -0.486 e. The standard InChI is InChI=1S/C13H13FN4OS/c1-8(2)12-17-18-11(15-16-13(18)20-12)7-19-10-5-3-9(14)4-6-10/h3-6,8H,7H2,1-2H3. The monoisotopic (exact) mass is 292 g/mol. The van der Waals surface area contributed by atoms with Gasteiger partial charge in [0.05, 0.1) is 0 Å². The van der Waals surface area contributed by atoms with E-state index in [2.05, 4.69) is 29.1 Å². The maximum atomic E-state index is 12.8. The van der Waals surface area contributed by atoms with Gasteiger partial charge >= 0.3 is 0 Å². The molecule has 1 aromatic carbocycles. The first-order chi connectivity index (χ1) is 9.63. The van der Waals surface area contributed by atoms with Crippen molar-refractivity contribution in [2.24, 2.45) is 0 Å². The molecule has 3 aromatic rings. The summed E-state index contributed by atoms with van der Waals surface area (Å²) in [5, 5.41) is 13.6. The molecule has 0 unspecified atom stereocenters. The summed E-state index contributed by atoms with van der Waals surface area (Å²) in [4.78, 5) is 0.756. The van der Waals surface area contributed by atoms with Crippen LogP contribution in [0.3, 0.4) is 0 Å². The number of hydrogen-bond acceptors (Lipinski definition) is 5. The van der Waals surface area contributed by atoms with Crippen LogP contribution in [0, 0.1) is 5.82 Å². The second kappa shape index (κ2) is 5.16. The van der Waals surface area contributed by atoms with E-state index in [1.54, 1.807) is 16.6 Å². The molecule has 0 radical (unpaired) electrons. The van der Waals surface area contributed by atoms with Gasteiger partial charge < -0.3 is 4.74 Å². The van der Waals surface area contributed by atoms with Gasteiger partial charge in [0.1, 0.15) is 23.2 Å². The van der Waals surface area contributed by atoms with Crippen molar-refractivity contribution in [3.8, 4) is 5.75 Å². The highest BCUT2D eigenvalue weighted by Crippen LogP contribution is 2.22. The highest BCUT2D eigenvalue weighted by Gasteiger charge is 2.13. The molecule has 104 valence electrons. The van der Waals surface area contributed by atoms with Crippen LogP contribution >= 0.6 is 11.3 Å². The lowest BCUT2D eigenvalue weighted by Gasteiger charge is -2.03. The highest BCUT2D eigenvalue weighted by molar-refractivity contribution is 7.16. The fourth-order valence-corrected chi connectivity index (χ4v) is 2.53. The van der Waals surface area contributed by atoms with Crippen molar-refractivity contribution in [1.82, 2.24) is 19.8 Å². The number of rotatable bonds is 4. The number of halogens is 1. The SMILES string of the molecule is CC(C)c1nn2c(COc3ccc(F)cc3)nnc2s1. The van der Waals surface area contributed by atoms with E-state index in [0.29, 0.717) is 17.5 Å². The Kier molecular flexibility index (Phi) is 3.35. The van der Waals surface area contributed by atoms with E-state index in [1.165, 1.54) is 23.5 Å². The van der Waals surface area contributed by atoms with Gasteiger partial charge in [-0.25, -0.2) is 4.39 Å². The van der Waals surface area contributed by atoms with E-state index in [0.717, 1.165) is 9.97 Å². The van der Waals surface area contributed by atoms with E-state index >= 15 is 0 Å². The maximum absolute atomic E-state index is 12.8. The highest BCUT2D eigenvalue weighted by atomic mass is 32.1. The van der Waals surface area contributed by atoms with E-state index < -0.39 is 0 Å². The van der Waals surface area contributed by atoms with E-state index in [1.807, 2.05) is 0 Å². The van der Waals surface area contributed by atoms with Gasteiger partial charge in [0, 0.05) is 5.92 Å². The lowest BCUT2D eigenvalue weighted by molar-refractivity contribution is 0.292. The van der Waals surface area contributed by atoms with Crippen LogP contribution in [0.2, 0.25) is 0 Å². The van der Waals surface area contributed by atoms with Gasteiger partial charge in [-0.05, 0) is 24.3 Å². The Hall–Kier alpha value is -2.02. The number of hydrogen-bond donors (Lipinski definition) is 0. The van der Waals surface area contributed by atoms with Crippen LogP contribution in [0.5, 0.6) is 5.75 Å². The average Bonchev–Trinajstić information content (AvgIpc) is 2.99. The number of benzene rings is 1. The van der Waals surface area contributed by atoms with Gasteiger partial charge in [-0.3, -0.25) is 0 Å². The van der Waals surface area contributed by atoms with Crippen LogP contribution < -0.4 is 4.74 Å². The van der Waals surface area contributed by atoms with Gasteiger partial charge in [-0.1, -0.05) is 25.2 Å². The van der Waals surface area contributed by atoms with Crippen LogP contribution in [0.1, 0.15) is 30.6 Å². The lowest BCUT2D eigenvalue weighted by Crippen LogP contribution is -2.03. The van der Waals surface area contributed by atoms with Crippen molar-refractivity contribution in [2.45, 2.75) is 26.4 Å². The van der Waals surface area contributed by atoms with Crippen molar-refractivity contribution in [3.63, 3.8) is 0 Å². The van der Waals surface area contributed by atoms with Crippen LogP contribution in [0.25, 0.3) is 4.96 Å². The zero-order valence-electron chi connectivity index (χ0n) is 11.1. The molecule has 20 heavy (non-hydrogen) atoms. The summed E-state index contributed by atoms with van der Waals surface area (Å²) in [6, 6.07) is 5.87. The molecule has 3 rings (SSSR count). The quantitative estimate of drug-likeness (QED) is 0.741. The van der Waals surface area contributed by atoms with E-state index in [9.17, 15) is 4.39 Å². The lowest BCUT2D eigenvalue weighted by atomic mass is 10.2. The molecule has 0 spiro atoms. The normalized spacial score (nSPS) is 11.4. The third kappa shape index (κ3) is 2.49. The molecule has 0 fully saturated rings. The van der Waals surface area contributed by atoms with Gasteiger partial charge in [-0.15, -0.1) is 10.2 Å². The molecule has 0 saturated carbocycles. The predicted molar refractivity (Wildman–Crippen MR) is 73.5 cm³/mol. The van der Waals surface area contributed by atoms with Gasteiger partial charge in [-0.2, -0.15) is 9.61 Å².